The standard InChI is InChI=1S/C9H11B.3BH4.Li/c1-6-4-7(2)9(10)8(3)5-6;;;;/h4-5H,1-3H3;3*1H4;/q+2;3*-1;+1. The van der Waals surface area contributed by atoms with Gasteiger partial charge in [0, 0.05) is 0 Å². The Balaban J connectivity index is -0.000000125. The van der Waals surface area contributed by atoms with Crippen LogP contribution in [0.1, 0.15) is 16.7 Å². The Labute approximate surface area is 107 Å². The predicted molar refractivity (Wildman–Crippen MR) is 80.0 cm³/mol. The average Bonchev–Trinajstić information content (AvgIpc) is 1.82. The Morgan fingerprint density at radius 1 is 0.857 bits per heavy atom. The Kier molecular flexibility index (Phi) is 16.3. The van der Waals surface area contributed by atoms with Gasteiger partial charge in [-0.2, -0.15) is 0 Å². The summed E-state index contributed by atoms with van der Waals surface area (Å²) in [5.41, 5.74) is 4.56. The first kappa shape index (κ1) is 23.7. The van der Waals surface area contributed by atoms with E-state index < -0.39 is 0 Å². The topological polar surface area (TPSA) is 0 Å². The van der Waals surface area contributed by atoms with Crippen molar-refractivity contribution in [3.63, 3.8) is 0 Å². The largest absolute Gasteiger partial charge is 1.00 e. The monoisotopic (exact) mass is 182 g/mol. The number of hydrogen-bond donors (Lipinski definition) is 0. The molecule has 0 nitrogen and oxygen atoms in total. The number of rotatable bonds is 0. The van der Waals surface area contributed by atoms with E-state index in [1.165, 1.54) is 16.7 Å². The van der Waals surface area contributed by atoms with Crippen LogP contribution < -0.4 is 24.3 Å². The van der Waals surface area contributed by atoms with Crippen LogP contribution in [0.15, 0.2) is 12.1 Å². The molecule has 1 aromatic carbocycles. The van der Waals surface area contributed by atoms with E-state index in [4.69, 9.17) is 7.85 Å². The van der Waals surface area contributed by atoms with Gasteiger partial charge in [0.1, 0.15) is 0 Å². The van der Waals surface area contributed by atoms with Crippen molar-refractivity contribution in [2.75, 3.05) is 0 Å². The average molecular weight is 181 g/mol. The van der Waals surface area contributed by atoms with Gasteiger partial charge in [-0.15, -0.1) is 0 Å². The van der Waals surface area contributed by atoms with E-state index in [0.717, 1.165) is 5.46 Å². The van der Waals surface area contributed by atoms with E-state index in [-0.39, 0.29) is 44.1 Å². The molecule has 1 rings (SSSR count). The fourth-order valence-electron chi connectivity index (χ4n) is 1.19. The molecule has 0 unspecified atom stereocenters. The normalized spacial score (nSPS) is 7.21. The third kappa shape index (κ3) is 5.73. The molecule has 0 radical (unpaired) electrons. The van der Waals surface area contributed by atoms with Gasteiger partial charge >= 0.3 is 81.8 Å². The summed E-state index contributed by atoms with van der Waals surface area (Å²) in [5.74, 6) is 0. The van der Waals surface area contributed by atoms with Crippen LogP contribution in [0.4, 0.5) is 0 Å². The smallest absolute Gasteiger partial charge is 0.0626 e. The van der Waals surface area contributed by atoms with E-state index in [1.54, 1.807) is 0 Å². The fraction of sp³-hybridized carbons (Fsp3) is 0.333. The molecular weight excluding hydrogens is 158 g/mol. The molecule has 0 amide bonds. The molecule has 1 aromatic rings. The maximum Gasteiger partial charge on any atom is 1.00 e. The van der Waals surface area contributed by atoms with E-state index in [2.05, 4.69) is 19.1 Å². The molecule has 0 spiro atoms. The molecule has 5 heteroatoms. The van der Waals surface area contributed by atoms with E-state index in [1.807, 2.05) is 13.8 Å². The van der Waals surface area contributed by atoms with Gasteiger partial charge in [-0.3, -0.25) is 0 Å². The second kappa shape index (κ2) is 9.63. The van der Waals surface area contributed by atoms with Crippen molar-refractivity contribution in [2.45, 2.75) is 20.8 Å². The molecule has 0 aliphatic rings. The number of hydrogen-bond acceptors (Lipinski definition) is 0. The SMILES string of the molecule is [B+2]c1c(C)cc(C)cc1C.[BH4-].[BH4-].[BH4-].[Li+]. The second-order valence-electron chi connectivity index (χ2n) is 2.81. The summed E-state index contributed by atoms with van der Waals surface area (Å²) in [6.07, 6.45) is 0. The first-order chi connectivity index (χ1) is 4.61. The maximum absolute atomic E-state index is 5.75. The number of benzene rings is 1. The van der Waals surface area contributed by atoms with Crippen LogP contribution in [0.3, 0.4) is 0 Å². The van der Waals surface area contributed by atoms with Crippen molar-refractivity contribution in [2.24, 2.45) is 0 Å². The molecule has 72 valence electrons. The summed E-state index contributed by atoms with van der Waals surface area (Å²) in [4.78, 5) is 0. The van der Waals surface area contributed by atoms with Crippen molar-refractivity contribution < 1.29 is 18.9 Å². The van der Waals surface area contributed by atoms with Gasteiger partial charge in [-0.1, -0.05) is 25.2 Å². The van der Waals surface area contributed by atoms with Crippen molar-refractivity contribution in [1.82, 2.24) is 0 Å². The molecule has 0 atom stereocenters. The molecule has 0 heterocycles. The molecule has 0 fully saturated rings. The first-order valence-electron chi connectivity index (χ1n) is 3.44. The zero-order valence-corrected chi connectivity index (χ0v) is 7.73. The zero-order chi connectivity index (χ0) is 7.72. The van der Waals surface area contributed by atoms with Gasteiger partial charge in [0.25, 0.3) is 0 Å². The Morgan fingerprint density at radius 2 is 1.14 bits per heavy atom. The minimum Gasteiger partial charge on any atom is -0.0626 e. The molecule has 0 aromatic heterocycles. The van der Waals surface area contributed by atoms with Crippen LogP contribution in [0.5, 0.6) is 0 Å². The fourth-order valence-corrected chi connectivity index (χ4v) is 1.19. The summed E-state index contributed by atoms with van der Waals surface area (Å²) >= 11 is 0. The summed E-state index contributed by atoms with van der Waals surface area (Å²) in [7, 11) is 5.75. The van der Waals surface area contributed by atoms with Gasteiger partial charge in [0.2, 0.25) is 0 Å². The van der Waals surface area contributed by atoms with Crippen LogP contribution >= 0.6 is 0 Å². The quantitative estimate of drug-likeness (QED) is 0.350. The van der Waals surface area contributed by atoms with Gasteiger partial charge in [-0.25, -0.2) is 0 Å². The molecule has 0 N–H and O–H groups in total. The van der Waals surface area contributed by atoms with Crippen LogP contribution in [0.2, 0.25) is 0 Å². The van der Waals surface area contributed by atoms with Gasteiger partial charge in [0.15, 0.2) is 0 Å². The summed E-state index contributed by atoms with van der Waals surface area (Å²) in [6, 6.07) is 4.20. The summed E-state index contributed by atoms with van der Waals surface area (Å²) < 4.78 is 0. The first-order valence-corrected chi connectivity index (χ1v) is 3.44. The van der Waals surface area contributed by atoms with E-state index in [9.17, 15) is 0 Å². The Morgan fingerprint density at radius 3 is 1.43 bits per heavy atom. The van der Waals surface area contributed by atoms with Crippen molar-refractivity contribution >= 4 is 38.5 Å². The van der Waals surface area contributed by atoms with Crippen molar-refractivity contribution in [3.8, 4) is 0 Å². The van der Waals surface area contributed by atoms with E-state index in [0.29, 0.717) is 0 Å². The van der Waals surface area contributed by atoms with Crippen LogP contribution in [-0.2, 0) is 0 Å². The maximum atomic E-state index is 5.75. The molecule has 14 heavy (non-hydrogen) atoms. The molecule has 0 aliphatic carbocycles. The molecule has 0 bridgehead atoms. The molecular formula is C9H23B4Li. The summed E-state index contributed by atoms with van der Waals surface area (Å²) in [5, 5.41) is 0. The van der Waals surface area contributed by atoms with Crippen LogP contribution in [-0.4, -0.2) is 33.1 Å². The van der Waals surface area contributed by atoms with Crippen molar-refractivity contribution in [3.05, 3.63) is 28.8 Å². The predicted octanol–water partition coefficient (Wildman–Crippen LogP) is -5.95. The second-order valence-corrected chi connectivity index (χ2v) is 2.81. The number of aryl methyl sites for hydroxylation is 3. The Bertz CT molecular complexity index is 240. The third-order valence-electron chi connectivity index (χ3n) is 1.74. The minimum atomic E-state index is 0. The molecule has 0 saturated heterocycles. The van der Waals surface area contributed by atoms with E-state index >= 15 is 0 Å². The molecule has 0 saturated carbocycles. The zero-order valence-electron chi connectivity index (χ0n) is 7.73. The Hall–Kier alpha value is 0.0771. The van der Waals surface area contributed by atoms with Gasteiger partial charge in [-0.05, 0) is 0 Å². The van der Waals surface area contributed by atoms with Gasteiger partial charge in [0.05, 0.1) is 0 Å². The van der Waals surface area contributed by atoms with Crippen molar-refractivity contribution in [1.29, 1.82) is 0 Å². The summed E-state index contributed by atoms with van der Waals surface area (Å²) in [6.45, 7) is 6.16. The molecule has 0 aliphatic heterocycles. The minimum absolute atomic E-state index is 0. The van der Waals surface area contributed by atoms with Crippen LogP contribution in [0, 0.1) is 20.8 Å². The van der Waals surface area contributed by atoms with Gasteiger partial charge < -0.3 is 0 Å². The third-order valence-corrected chi connectivity index (χ3v) is 1.74. The van der Waals surface area contributed by atoms with Crippen LogP contribution in [0.25, 0.3) is 0 Å².